The lowest BCUT2D eigenvalue weighted by Crippen LogP contribution is -2.44. The number of nitrogens with one attached hydrogen (secondary N) is 1. The zero-order valence-corrected chi connectivity index (χ0v) is 21.3. The SMILES string of the molecule is CC.CC(=O)CCC(C)C.CC(C)(CCO)NC(=O)CCSSc1ccccn1.O. The van der Waals surface area contributed by atoms with Crippen LogP contribution < -0.4 is 5.32 Å². The van der Waals surface area contributed by atoms with Crippen LogP contribution in [0.2, 0.25) is 0 Å². The number of nitrogens with zero attached hydrogens (tertiary/aromatic N) is 1. The fraction of sp³-hybridized carbons (Fsp3) is 0.682. The molecule has 0 saturated heterocycles. The van der Waals surface area contributed by atoms with Crippen LogP contribution in [0.3, 0.4) is 0 Å². The third-order valence-corrected chi connectivity index (χ3v) is 5.75. The first-order valence-electron chi connectivity index (χ1n) is 10.3. The van der Waals surface area contributed by atoms with Crippen molar-refractivity contribution in [3.05, 3.63) is 24.4 Å². The highest BCUT2D eigenvalue weighted by Gasteiger charge is 2.19. The van der Waals surface area contributed by atoms with Crippen molar-refractivity contribution in [1.29, 1.82) is 0 Å². The van der Waals surface area contributed by atoms with E-state index in [0.29, 0.717) is 24.5 Å². The lowest BCUT2D eigenvalue weighted by Gasteiger charge is -2.25. The van der Waals surface area contributed by atoms with E-state index < -0.39 is 0 Å². The molecule has 1 heterocycles. The Morgan fingerprint density at radius 2 is 1.83 bits per heavy atom. The van der Waals surface area contributed by atoms with Crippen molar-refractivity contribution in [1.82, 2.24) is 10.3 Å². The van der Waals surface area contributed by atoms with Crippen LogP contribution in [0.5, 0.6) is 0 Å². The molecule has 0 aliphatic rings. The lowest BCUT2D eigenvalue weighted by atomic mass is 10.0. The Morgan fingerprint density at radius 1 is 1.20 bits per heavy atom. The van der Waals surface area contributed by atoms with Crippen molar-refractivity contribution in [3.8, 4) is 0 Å². The summed E-state index contributed by atoms with van der Waals surface area (Å²) in [7, 11) is 3.19. The van der Waals surface area contributed by atoms with Gasteiger partial charge in [0.05, 0.1) is 0 Å². The highest BCUT2D eigenvalue weighted by molar-refractivity contribution is 8.76. The van der Waals surface area contributed by atoms with Crippen molar-refractivity contribution < 1.29 is 20.2 Å². The third kappa shape index (κ3) is 23.2. The van der Waals surface area contributed by atoms with Crippen LogP contribution in [0.15, 0.2) is 29.4 Å². The second-order valence-corrected chi connectivity index (χ2v) is 9.80. The van der Waals surface area contributed by atoms with Crippen LogP contribution in [0, 0.1) is 5.92 Å². The molecule has 0 bridgehead atoms. The normalized spacial score (nSPS) is 10.0. The number of ketones is 1. The number of carbonyl (C=O) groups is 2. The van der Waals surface area contributed by atoms with E-state index in [-0.39, 0.29) is 23.5 Å². The highest BCUT2D eigenvalue weighted by atomic mass is 33.1. The zero-order valence-electron chi connectivity index (χ0n) is 19.7. The fourth-order valence-electron chi connectivity index (χ4n) is 1.91. The summed E-state index contributed by atoms with van der Waals surface area (Å²) in [6, 6.07) is 5.77. The summed E-state index contributed by atoms with van der Waals surface area (Å²) in [5.74, 6) is 1.73. The Kier molecular flexibility index (Phi) is 23.7. The molecule has 1 aromatic rings. The quantitative estimate of drug-likeness (QED) is 0.364. The molecule has 6 nitrogen and oxygen atoms in total. The Labute approximate surface area is 191 Å². The van der Waals surface area contributed by atoms with E-state index in [1.807, 2.05) is 45.9 Å². The highest BCUT2D eigenvalue weighted by Crippen LogP contribution is 2.29. The first-order valence-corrected chi connectivity index (χ1v) is 12.6. The zero-order chi connectivity index (χ0) is 22.7. The lowest BCUT2D eigenvalue weighted by molar-refractivity contribution is -0.122. The first-order chi connectivity index (χ1) is 13.7. The maximum atomic E-state index is 11.7. The molecule has 0 saturated carbocycles. The van der Waals surface area contributed by atoms with Crippen LogP contribution >= 0.6 is 21.6 Å². The standard InChI is InChI=1S/C13H20N2O2S2.C7H14O.C2H6.H2O/c1-13(2,7-9-16)15-11(17)6-10-18-19-12-5-3-4-8-14-12;1-6(2)4-5-7(3)8;1-2;/h3-5,8,16H,6-7,9-10H2,1-2H3,(H,15,17);6H,4-5H2,1-3H3;1-2H3;1H2. The molecule has 0 fully saturated rings. The molecule has 1 amide bonds. The summed E-state index contributed by atoms with van der Waals surface area (Å²) < 4.78 is 0. The Balaban J connectivity index is -0.000000562. The van der Waals surface area contributed by atoms with Gasteiger partial charge in [-0.2, -0.15) is 0 Å². The smallest absolute Gasteiger partial charge is 0.221 e. The summed E-state index contributed by atoms with van der Waals surface area (Å²) in [6.45, 7) is 13.8. The number of carbonyl (C=O) groups excluding carboxylic acids is 2. The van der Waals surface area contributed by atoms with Crippen molar-refractivity contribution in [2.45, 2.75) is 84.7 Å². The Hall–Kier alpha value is -1.09. The van der Waals surface area contributed by atoms with Gasteiger partial charge in [-0.15, -0.1) is 0 Å². The van der Waals surface area contributed by atoms with Gasteiger partial charge < -0.3 is 20.7 Å². The molecule has 0 spiro atoms. The molecule has 0 aliphatic heterocycles. The average molecular weight is 463 g/mol. The molecule has 30 heavy (non-hydrogen) atoms. The van der Waals surface area contributed by atoms with Crippen LogP contribution in [-0.2, 0) is 9.59 Å². The number of pyridine rings is 1. The minimum Gasteiger partial charge on any atom is -0.412 e. The number of aliphatic hydroxyl groups is 1. The third-order valence-electron chi connectivity index (χ3n) is 3.48. The van der Waals surface area contributed by atoms with E-state index in [4.69, 9.17) is 5.11 Å². The maximum Gasteiger partial charge on any atom is 0.221 e. The molecule has 4 N–H and O–H groups in total. The first kappa shape index (κ1) is 33.5. The summed E-state index contributed by atoms with van der Waals surface area (Å²) in [5, 5.41) is 12.8. The molecule has 0 aliphatic carbocycles. The summed E-state index contributed by atoms with van der Waals surface area (Å²) in [4.78, 5) is 26.3. The van der Waals surface area contributed by atoms with Crippen molar-refractivity contribution >= 4 is 33.3 Å². The van der Waals surface area contributed by atoms with Gasteiger partial charge in [0.1, 0.15) is 10.8 Å². The average Bonchev–Trinajstić information content (AvgIpc) is 2.66. The maximum absolute atomic E-state index is 11.7. The Morgan fingerprint density at radius 3 is 2.27 bits per heavy atom. The van der Waals surface area contributed by atoms with E-state index in [1.165, 1.54) is 0 Å². The number of aliphatic hydroxyl groups excluding tert-OH is 1. The largest absolute Gasteiger partial charge is 0.412 e. The van der Waals surface area contributed by atoms with E-state index in [9.17, 15) is 9.59 Å². The predicted molar refractivity (Wildman–Crippen MR) is 131 cm³/mol. The Bertz CT molecular complexity index is 541. The molecule has 8 heteroatoms. The van der Waals surface area contributed by atoms with Gasteiger partial charge in [0.25, 0.3) is 0 Å². The van der Waals surface area contributed by atoms with Crippen LogP contribution in [0.4, 0.5) is 0 Å². The minimum absolute atomic E-state index is 0. The van der Waals surface area contributed by atoms with Crippen LogP contribution in [-0.4, -0.2) is 45.2 Å². The van der Waals surface area contributed by atoms with Gasteiger partial charge in [-0.1, -0.05) is 44.6 Å². The van der Waals surface area contributed by atoms with Gasteiger partial charge in [-0.25, -0.2) is 4.98 Å². The number of hydrogen-bond acceptors (Lipinski definition) is 6. The molecule has 1 rings (SSSR count). The van der Waals surface area contributed by atoms with Crippen LogP contribution in [0.1, 0.15) is 74.1 Å². The van der Waals surface area contributed by atoms with Crippen LogP contribution in [0.25, 0.3) is 0 Å². The predicted octanol–water partition coefficient (Wildman–Crippen LogP) is 4.70. The topological polar surface area (TPSA) is 111 Å². The molecular formula is C22H42N2O4S2. The molecule has 0 radical (unpaired) electrons. The van der Waals surface area contributed by atoms with E-state index in [0.717, 1.165) is 23.6 Å². The van der Waals surface area contributed by atoms with Gasteiger partial charge in [0.2, 0.25) is 5.91 Å². The number of amides is 1. The van der Waals surface area contributed by atoms with Crippen molar-refractivity contribution in [3.63, 3.8) is 0 Å². The van der Waals surface area contributed by atoms with Gasteiger partial charge in [-0.3, -0.25) is 4.79 Å². The summed E-state index contributed by atoms with van der Waals surface area (Å²) >= 11 is 0. The monoisotopic (exact) mass is 462 g/mol. The molecule has 1 aromatic heterocycles. The second-order valence-electron chi connectivity index (χ2n) is 7.36. The van der Waals surface area contributed by atoms with Gasteiger partial charge >= 0.3 is 0 Å². The molecular weight excluding hydrogens is 420 g/mol. The fourth-order valence-corrected chi connectivity index (χ4v) is 3.78. The van der Waals surface area contributed by atoms with E-state index >= 15 is 0 Å². The summed E-state index contributed by atoms with van der Waals surface area (Å²) in [6.07, 6.45) is 4.58. The van der Waals surface area contributed by atoms with Gasteiger partial charge in [0, 0.05) is 36.9 Å². The molecule has 0 atom stereocenters. The summed E-state index contributed by atoms with van der Waals surface area (Å²) in [5.41, 5.74) is -0.343. The van der Waals surface area contributed by atoms with Crippen molar-refractivity contribution in [2.75, 3.05) is 12.4 Å². The minimum atomic E-state index is -0.343. The number of Topliss-reactive ketones (excluding diaryl/α,β-unsaturated/α-hetero) is 1. The number of rotatable bonds is 11. The second kappa shape index (κ2) is 21.2. The van der Waals surface area contributed by atoms with Gasteiger partial charge in [-0.05, 0) is 62.5 Å². The van der Waals surface area contributed by atoms with E-state index in [2.05, 4.69) is 24.1 Å². The molecule has 0 aromatic carbocycles. The molecule has 0 unspecified atom stereocenters. The van der Waals surface area contributed by atoms with Crippen molar-refractivity contribution in [2.24, 2.45) is 5.92 Å². The molecule has 176 valence electrons. The van der Waals surface area contributed by atoms with E-state index in [1.54, 1.807) is 34.7 Å². The van der Waals surface area contributed by atoms with Gasteiger partial charge in [0.15, 0.2) is 0 Å². The number of hydrogen-bond donors (Lipinski definition) is 2. The number of aromatic nitrogens is 1.